The van der Waals surface area contributed by atoms with Crippen LogP contribution in [0.3, 0.4) is 0 Å². The minimum Gasteiger partial charge on any atom is -0.381 e. The molecule has 0 radical (unpaired) electrons. The van der Waals surface area contributed by atoms with Crippen LogP contribution in [-0.4, -0.2) is 19.8 Å². The summed E-state index contributed by atoms with van der Waals surface area (Å²) in [4.78, 5) is 0. The van der Waals surface area contributed by atoms with Crippen molar-refractivity contribution in [1.29, 1.82) is 0 Å². The van der Waals surface area contributed by atoms with Crippen molar-refractivity contribution in [2.75, 3.05) is 19.8 Å². The van der Waals surface area contributed by atoms with Gasteiger partial charge in [-0.05, 0) is 37.1 Å². The molecule has 0 aliphatic carbocycles. The molecule has 0 spiro atoms. The second kappa shape index (κ2) is 6.50. The molecule has 0 saturated carbocycles. The van der Waals surface area contributed by atoms with Crippen LogP contribution >= 0.6 is 11.6 Å². The third-order valence-corrected chi connectivity index (χ3v) is 3.64. The lowest BCUT2D eigenvalue weighted by atomic mass is 9.92. The van der Waals surface area contributed by atoms with Crippen molar-refractivity contribution in [3.05, 3.63) is 34.6 Å². The number of benzene rings is 1. The Bertz CT molecular complexity index is 393. The highest BCUT2D eigenvalue weighted by Crippen LogP contribution is 2.30. The van der Waals surface area contributed by atoms with Gasteiger partial charge in [0.15, 0.2) is 0 Å². The van der Waals surface area contributed by atoms with E-state index in [0.717, 1.165) is 38.2 Å². The highest BCUT2D eigenvalue weighted by Gasteiger charge is 2.26. The topological polar surface area (TPSA) is 21.3 Å². The molecule has 2 nitrogen and oxygen atoms in total. The molecule has 0 amide bonds. The van der Waals surface area contributed by atoms with Gasteiger partial charge in [0.25, 0.3) is 0 Å². The normalized spacial score (nSPS) is 21.2. The average Bonchev–Trinajstić information content (AvgIpc) is 2.88. The molecule has 2 unspecified atom stereocenters. The predicted octanol–water partition coefficient (Wildman–Crippen LogP) is 3.56. The largest absolute Gasteiger partial charge is 0.381 e. The minimum atomic E-state index is -0.364. The molecular formula is C14H19ClFNO. The zero-order valence-corrected chi connectivity index (χ0v) is 11.3. The highest BCUT2D eigenvalue weighted by molar-refractivity contribution is 6.30. The highest BCUT2D eigenvalue weighted by atomic mass is 35.5. The molecule has 2 rings (SSSR count). The van der Waals surface area contributed by atoms with Crippen molar-refractivity contribution in [1.82, 2.24) is 5.32 Å². The molecule has 0 aromatic heterocycles. The number of halogens is 2. The standard InChI is InChI=1S/C14H19ClFNO/c1-2-6-17-14(11-5-7-18-9-11)10-3-4-13(16)12(15)8-10/h3-4,8,11,14,17H,2,5-7,9H2,1H3. The fourth-order valence-electron chi connectivity index (χ4n) is 2.38. The van der Waals surface area contributed by atoms with E-state index in [2.05, 4.69) is 12.2 Å². The molecule has 1 fully saturated rings. The van der Waals surface area contributed by atoms with Crippen molar-refractivity contribution in [3.63, 3.8) is 0 Å². The molecule has 1 saturated heterocycles. The van der Waals surface area contributed by atoms with Gasteiger partial charge in [0, 0.05) is 18.6 Å². The second-order valence-electron chi connectivity index (χ2n) is 4.73. The molecule has 4 heteroatoms. The van der Waals surface area contributed by atoms with Crippen molar-refractivity contribution < 1.29 is 9.13 Å². The van der Waals surface area contributed by atoms with Gasteiger partial charge in [-0.3, -0.25) is 0 Å². The quantitative estimate of drug-likeness (QED) is 0.884. The molecule has 1 heterocycles. The monoisotopic (exact) mass is 271 g/mol. The maximum atomic E-state index is 13.2. The first-order valence-electron chi connectivity index (χ1n) is 6.48. The van der Waals surface area contributed by atoms with Crippen LogP contribution in [0.2, 0.25) is 5.02 Å². The van der Waals surface area contributed by atoms with E-state index < -0.39 is 0 Å². The molecular weight excluding hydrogens is 253 g/mol. The van der Waals surface area contributed by atoms with Gasteiger partial charge < -0.3 is 10.1 Å². The Kier molecular flexibility index (Phi) is 4.98. The van der Waals surface area contributed by atoms with Crippen molar-refractivity contribution in [2.24, 2.45) is 5.92 Å². The summed E-state index contributed by atoms with van der Waals surface area (Å²) in [6.45, 7) is 4.64. The van der Waals surface area contributed by atoms with Gasteiger partial charge in [-0.1, -0.05) is 24.6 Å². The number of ether oxygens (including phenoxy) is 1. The van der Waals surface area contributed by atoms with Gasteiger partial charge in [-0.15, -0.1) is 0 Å². The molecule has 0 bridgehead atoms. The van der Waals surface area contributed by atoms with Crippen LogP contribution in [0, 0.1) is 11.7 Å². The lowest BCUT2D eigenvalue weighted by Crippen LogP contribution is -2.29. The Balaban J connectivity index is 2.17. The summed E-state index contributed by atoms with van der Waals surface area (Å²) in [7, 11) is 0. The van der Waals surface area contributed by atoms with E-state index in [4.69, 9.17) is 16.3 Å². The van der Waals surface area contributed by atoms with Crippen molar-refractivity contribution in [2.45, 2.75) is 25.8 Å². The lowest BCUT2D eigenvalue weighted by molar-refractivity contribution is 0.176. The molecule has 1 aliphatic rings. The number of rotatable bonds is 5. The Labute approximate surface area is 112 Å². The van der Waals surface area contributed by atoms with E-state index in [1.54, 1.807) is 6.07 Å². The van der Waals surface area contributed by atoms with E-state index in [1.165, 1.54) is 6.07 Å². The molecule has 1 aliphatic heterocycles. The Morgan fingerprint density at radius 2 is 2.39 bits per heavy atom. The summed E-state index contributed by atoms with van der Waals surface area (Å²) in [5.41, 5.74) is 1.05. The summed E-state index contributed by atoms with van der Waals surface area (Å²) in [6, 6.07) is 5.18. The average molecular weight is 272 g/mol. The third-order valence-electron chi connectivity index (χ3n) is 3.35. The fourth-order valence-corrected chi connectivity index (χ4v) is 2.57. The molecule has 100 valence electrons. The van der Waals surface area contributed by atoms with Gasteiger partial charge in [-0.2, -0.15) is 0 Å². The summed E-state index contributed by atoms with van der Waals surface area (Å²) in [5.74, 6) is 0.0791. The van der Waals surface area contributed by atoms with E-state index in [9.17, 15) is 4.39 Å². The lowest BCUT2D eigenvalue weighted by Gasteiger charge is -2.24. The minimum absolute atomic E-state index is 0.190. The maximum Gasteiger partial charge on any atom is 0.141 e. The SMILES string of the molecule is CCCNC(c1ccc(F)c(Cl)c1)C1CCOC1. The maximum absolute atomic E-state index is 13.2. The van der Waals surface area contributed by atoms with Gasteiger partial charge in [-0.25, -0.2) is 4.39 Å². The Morgan fingerprint density at radius 1 is 1.56 bits per heavy atom. The van der Waals surface area contributed by atoms with E-state index >= 15 is 0 Å². The third kappa shape index (κ3) is 3.22. The van der Waals surface area contributed by atoms with E-state index in [1.807, 2.05) is 6.07 Å². The van der Waals surface area contributed by atoms with Gasteiger partial charge >= 0.3 is 0 Å². The molecule has 18 heavy (non-hydrogen) atoms. The van der Waals surface area contributed by atoms with E-state index in [-0.39, 0.29) is 16.9 Å². The van der Waals surface area contributed by atoms with Crippen LogP contribution in [0.25, 0.3) is 0 Å². The number of hydrogen-bond acceptors (Lipinski definition) is 2. The molecule has 1 N–H and O–H groups in total. The summed E-state index contributed by atoms with van der Waals surface area (Å²) >= 11 is 5.86. The van der Waals surface area contributed by atoms with Crippen LogP contribution in [0.4, 0.5) is 4.39 Å². The molecule has 1 aromatic rings. The number of hydrogen-bond donors (Lipinski definition) is 1. The van der Waals surface area contributed by atoms with E-state index in [0.29, 0.717) is 5.92 Å². The first kappa shape index (κ1) is 13.8. The van der Waals surface area contributed by atoms with Crippen LogP contribution in [0.5, 0.6) is 0 Å². The number of nitrogens with one attached hydrogen (secondary N) is 1. The van der Waals surface area contributed by atoms with Crippen molar-refractivity contribution >= 4 is 11.6 Å². The zero-order valence-electron chi connectivity index (χ0n) is 10.6. The summed E-state index contributed by atoms with van der Waals surface area (Å²) in [5, 5.41) is 3.70. The van der Waals surface area contributed by atoms with Crippen LogP contribution in [-0.2, 0) is 4.74 Å². The molecule has 1 aromatic carbocycles. The van der Waals surface area contributed by atoms with Gasteiger partial charge in [0.2, 0.25) is 0 Å². The fraction of sp³-hybridized carbons (Fsp3) is 0.571. The Morgan fingerprint density at radius 3 is 3.00 bits per heavy atom. The molecule has 2 atom stereocenters. The van der Waals surface area contributed by atoms with Gasteiger partial charge in [0.05, 0.1) is 11.6 Å². The Hall–Kier alpha value is -0.640. The predicted molar refractivity (Wildman–Crippen MR) is 71.4 cm³/mol. The first-order chi connectivity index (χ1) is 8.72. The van der Waals surface area contributed by atoms with Crippen LogP contribution < -0.4 is 5.32 Å². The smallest absolute Gasteiger partial charge is 0.141 e. The second-order valence-corrected chi connectivity index (χ2v) is 5.14. The summed E-state index contributed by atoms with van der Waals surface area (Å²) < 4.78 is 18.7. The van der Waals surface area contributed by atoms with Crippen molar-refractivity contribution in [3.8, 4) is 0 Å². The van der Waals surface area contributed by atoms with Crippen LogP contribution in [0.1, 0.15) is 31.4 Å². The van der Waals surface area contributed by atoms with Crippen LogP contribution in [0.15, 0.2) is 18.2 Å². The zero-order chi connectivity index (χ0) is 13.0. The summed E-state index contributed by atoms with van der Waals surface area (Å²) in [6.07, 6.45) is 2.11. The first-order valence-corrected chi connectivity index (χ1v) is 6.86. The van der Waals surface area contributed by atoms with Gasteiger partial charge in [0.1, 0.15) is 5.82 Å².